The Labute approximate surface area is 93.4 Å². The fourth-order valence-electron chi connectivity index (χ4n) is 2.47. The predicted molar refractivity (Wildman–Crippen MR) is 61.1 cm³/mol. The highest BCUT2D eigenvalue weighted by molar-refractivity contribution is 5.84. The topological polar surface area (TPSA) is 25.0 Å². The first-order chi connectivity index (χ1) is 7.86. The van der Waals surface area contributed by atoms with Gasteiger partial charge in [-0.3, -0.25) is 0 Å². The third-order valence-electron chi connectivity index (χ3n) is 3.29. The van der Waals surface area contributed by atoms with E-state index < -0.39 is 0 Å². The number of aromatic nitrogens is 1. The Hall–Kier alpha value is -1.35. The van der Waals surface area contributed by atoms with Gasteiger partial charge in [-0.05, 0) is 30.5 Å². The molecule has 1 aliphatic rings. The number of aromatic amines is 1. The number of hydrogen-bond donors (Lipinski definition) is 1. The van der Waals surface area contributed by atoms with Crippen molar-refractivity contribution in [2.24, 2.45) is 0 Å². The average Bonchev–Trinajstić information content (AvgIpc) is 2.75. The number of hydrogen-bond acceptors (Lipinski definition) is 1. The van der Waals surface area contributed by atoms with Crippen molar-refractivity contribution >= 4 is 10.9 Å². The zero-order valence-corrected chi connectivity index (χ0v) is 9.00. The quantitative estimate of drug-likeness (QED) is 0.782. The van der Waals surface area contributed by atoms with E-state index in [0.29, 0.717) is 12.5 Å². The van der Waals surface area contributed by atoms with Crippen LogP contribution >= 0.6 is 0 Å². The standard InChI is InChI=1S/C13H14FNO/c14-11-4-1-5-12-13(11)10(7-15-12)9-3-2-6-16-8-9/h1,4-5,7,9,15H,2-3,6,8H2/t9-/m1/s1. The van der Waals surface area contributed by atoms with Crippen LogP contribution in [0.3, 0.4) is 0 Å². The largest absolute Gasteiger partial charge is 0.381 e. The molecule has 1 aromatic carbocycles. The fraction of sp³-hybridized carbons (Fsp3) is 0.385. The molecule has 0 aliphatic carbocycles. The Morgan fingerprint density at radius 3 is 3.12 bits per heavy atom. The molecule has 84 valence electrons. The highest BCUT2D eigenvalue weighted by atomic mass is 19.1. The van der Waals surface area contributed by atoms with Crippen molar-refractivity contribution < 1.29 is 9.13 Å². The van der Waals surface area contributed by atoms with Crippen LogP contribution in [0.15, 0.2) is 24.4 Å². The molecule has 2 nitrogen and oxygen atoms in total. The maximum atomic E-state index is 13.8. The molecule has 0 saturated carbocycles. The predicted octanol–water partition coefficient (Wildman–Crippen LogP) is 3.20. The Bertz CT molecular complexity index is 500. The van der Waals surface area contributed by atoms with Crippen LogP contribution in [-0.4, -0.2) is 18.2 Å². The lowest BCUT2D eigenvalue weighted by atomic mass is 9.93. The normalized spacial score (nSPS) is 21.4. The molecule has 3 rings (SSSR count). The summed E-state index contributed by atoms with van der Waals surface area (Å²) in [6.07, 6.45) is 4.07. The molecule has 1 aromatic heterocycles. The monoisotopic (exact) mass is 219 g/mol. The summed E-state index contributed by atoms with van der Waals surface area (Å²) in [7, 11) is 0. The molecule has 0 bridgehead atoms. The number of ether oxygens (including phenoxy) is 1. The maximum absolute atomic E-state index is 13.8. The fourth-order valence-corrected chi connectivity index (χ4v) is 2.47. The molecule has 1 saturated heterocycles. The highest BCUT2D eigenvalue weighted by Gasteiger charge is 2.20. The van der Waals surface area contributed by atoms with Gasteiger partial charge >= 0.3 is 0 Å². The second-order valence-corrected chi connectivity index (χ2v) is 4.32. The van der Waals surface area contributed by atoms with E-state index >= 15 is 0 Å². The number of benzene rings is 1. The van der Waals surface area contributed by atoms with E-state index in [9.17, 15) is 4.39 Å². The molecule has 0 spiro atoms. The molecule has 1 N–H and O–H groups in total. The summed E-state index contributed by atoms with van der Waals surface area (Å²) >= 11 is 0. The first-order valence-corrected chi connectivity index (χ1v) is 5.69. The maximum Gasteiger partial charge on any atom is 0.132 e. The van der Waals surface area contributed by atoms with Crippen LogP contribution in [0.2, 0.25) is 0 Å². The third kappa shape index (κ3) is 1.52. The molecular weight excluding hydrogens is 205 g/mol. The highest BCUT2D eigenvalue weighted by Crippen LogP contribution is 2.32. The van der Waals surface area contributed by atoms with E-state index in [0.717, 1.165) is 35.9 Å². The first kappa shape index (κ1) is 9.85. The second kappa shape index (κ2) is 3.91. The van der Waals surface area contributed by atoms with E-state index in [4.69, 9.17) is 4.74 Å². The van der Waals surface area contributed by atoms with Crippen LogP contribution in [0.25, 0.3) is 10.9 Å². The minimum absolute atomic E-state index is 0.140. The summed E-state index contributed by atoms with van der Waals surface area (Å²) in [5.41, 5.74) is 1.94. The summed E-state index contributed by atoms with van der Waals surface area (Å²) in [6, 6.07) is 5.16. The van der Waals surface area contributed by atoms with Gasteiger partial charge < -0.3 is 9.72 Å². The minimum atomic E-state index is -0.140. The van der Waals surface area contributed by atoms with Gasteiger partial charge in [0.15, 0.2) is 0 Å². The van der Waals surface area contributed by atoms with Gasteiger partial charge in [0.05, 0.1) is 6.61 Å². The summed E-state index contributed by atoms with van der Waals surface area (Å²) in [4.78, 5) is 3.13. The summed E-state index contributed by atoms with van der Waals surface area (Å²) in [5.74, 6) is 0.193. The Kier molecular flexibility index (Phi) is 2.40. The summed E-state index contributed by atoms with van der Waals surface area (Å²) in [6.45, 7) is 1.54. The number of nitrogens with one attached hydrogen (secondary N) is 1. The van der Waals surface area contributed by atoms with Gasteiger partial charge in [-0.1, -0.05) is 6.07 Å². The molecule has 2 heterocycles. The van der Waals surface area contributed by atoms with Gasteiger partial charge in [0.1, 0.15) is 5.82 Å². The smallest absolute Gasteiger partial charge is 0.132 e. The van der Waals surface area contributed by atoms with Gasteiger partial charge in [0.2, 0.25) is 0 Å². The Morgan fingerprint density at radius 2 is 2.31 bits per heavy atom. The van der Waals surface area contributed by atoms with Crippen molar-refractivity contribution in [3.8, 4) is 0 Å². The van der Waals surface area contributed by atoms with Crippen molar-refractivity contribution in [3.05, 3.63) is 35.8 Å². The average molecular weight is 219 g/mol. The lowest BCUT2D eigenvalue weighted by Gasteiger charge is -2.21. The molecule has 0 amide bonds. The van der Waals surface area contributed by atoms with E-state index in [1.54, 1.807) is 6.07 Å². The van der Waals surface area contributed by atoms with Crippen LogP contribution in [0, 0.1) is 5.82 Å². The molecule has 1 aliphatic heterocycles. The van der Waals surface area contributed by atoms with E-state index in [-0.39, 0.29) is 5.82 Å². The molecule has 16 heavy (non-hydrogen) atoms. The van der Waals surface area contributed by atoms with E-state index in [2.05, 4.69) is 4.98 Å². The summed E-state index contributed by atoms with van der Waals surface area (Å²) < 4.78 is 19.2. The molecule has 1 atom stereocenters. The van der Waals surface area contributed by atoms with E-state index in [1.165, 1.54) is 6.07 Å². The Morgan fingerprint density at radius 1 is 1.38 bits per heavy atom. The van der Waals surface area contributed by atoms with Crippen LogP contribution in [-0.2, 0) is 4.74 Å². The van der Waals surface area contributed by atoms with Crippen LogP contribution in [0.5, 0.6) is 0 Å². The summed E-state index contributed by atoms with van der Waals surface area (Å²) in [5, 5.41) is 0.734. The zero-order valence-electron chi connectivity index (χ0n) is 9.00. The number of fused-ring (bicyclic) bond motifs is 1. The molecule has 0 radical (unpaired) electrons. The molecule has 2 aromatic rings. The SMILES string of the molecule is Fc1cccc2[nH]cc([C@@H]3CCCOC3)c12. The zero-order chi connectivity index (χ0) is 11.0. The third-order valence-corrected chi connectivity index (χ3v) is 3.29. The van der Waals surface area contributed by atoms with Crippen LogP contribution in [0.1, 0.15) is 24.3 Å². The minimum Gasteiger partial charge on any atom is -0.381 e. The van der Waals surface area contributed by atoms with E-state index in [1.807, 2.05) is 12.3 Å². The number of rotatable bonds is 1. The molecular formula is C13H14FNO. The van der Waals surface area contributed by atoms with Gasteiger partial charge in [0.25, 0.3) is 0 Å². The van der Waals surface area contributed by atoms with Gasteiger partial charge in [-0.25, -0.2) is 4.39 Å². The van der Waals surface area contributed by atoms with Crippen molar-refractivity contribution in [2.75, 3.05) is 13.2 Å². The van der Waals surface area contributed by atoms with Crippen molar-refractivity contribution in [1.29, 1.82) is 0 Å². The van der Waals surface area contributed by atoms with Crippen LogP contribution in [0.4, 0.5) is 4.39 Å². The first-order valence-electron chi connectivity index (χ1n) is 5.69. The second-order valence-electron chi connectivity index (χ2n) is 4.32. The van der Waals surface area contributed by atoms with Gasteiger partial charge in [-0.2, -0.15) is 0 Å². The van der Waals surface area contributed by atoms with Crippen molar-refractivity contribution in [2.45, 2.75) is 18.8 Å². The van der Waals surface area contributed by atoms with Gasteiger partial charge in [0, 0.05) is 29.6 Å². The van der Waals surface area contributed by atoms with Gasteiger partial charge in [-0.15, -0.1) is 0 Å². The number of halogens is 1. The van der Waals surface area contributed by atoms with Crippen molar-refractivity contribution in [3.63, 3.8) is 0 Å². The lowest BCUT2D eigenvalue weighted by molar-refractivity contribution is 0.0808. The molecule has 1 fully saturated rings. The molecule has 3 heteroatoms. The van der Waals surface area contributed by atoms with Crippen molar-refractivity contribution in [1.82, 2.24) is 4.98 Å². The number of H-pyrrole nitrogens is 1. The Balaban J connectivity index is 2.09. The molecule has 0 unspecified atom stereocenters. The lowest BCUT2D eigenvalue weighted by Crippen LogP contribution is -2.15. The van der Waals surface area contributed by atoms with Crippen LogP contribution < -0.4 is 0 Å².